The Labute approximate surface area is 85.7 Å². The van der Waals surface area contributed by atoms with Crippen LogP contribution < -0.4 is 11.5 Å². The Morgan fingerprint density at radius 1 is 1.47 bits per heavy atom. The third-order valence-corrected chi connectivity index (χ3v) is 1.57. The summed E-state index contributed by atoms with van der Waals surface area (Å²) in [5, 5.41) is 9.34. The van der Waals surface area contributed by atoms with Crippen molar-refractivity contribution in [1.29, 1.82) is 0 Å². The largest absolute Gasteiger partial charge is 0.507 e. The molecule has 0 saturated carbocycles. The second-order valence-electron chi connectivity index (χ2n) is 2.66. The molecule has 0 bridgehead atoms. The van der Waals surface area contributed by atoms with Gasteiger partial charge in [0.25, 0.3) is 5.91 Å². The number of rotatable bonds is 1. The minimum atomic E-state index is -0.780. The molecule has 1 rings (SSSR count). The van der Waals surface area contributed by atoms with Gasteiger partial charge in [0.05, 0.1) is 12.1 Å². The molecule has 0 unspecified atom stereocenters. The summed E-state index contributed by atoms with van der Waals surface area (Å²) in [5.41, 5.74) is 10.2. The van der Waals surface area contributed by atoms with Crippen LogP contribution in [0.3, 0.4) is 0 Å². The van der Waals surface area contributed by atoms with E-state index in [9.17, 15) is 9.90 Å². The van der Waals surface area contributed by atoms with E-state index in [-0.39, 0.29) is 17.0 Å². The van der Waals surface area contributed by atoms with E-state index in [2.05, 4.69) is 9.84 Å². The molecule has 76 valence electrons. The van der Waals surface area contributed by atoms with Gasteiger partial charge in [-0.1, -0.05) is 6.07 Å². The van der Waals surface area contributed by atoms with Gasteiger partial charge in [0.2, 0.25) is 0 Å². The number of aromatic hydroxyl groups is 1. The van der Waals surface area contributed by atoms with Crippen molar-refractivity contribution in [3.8, 4) is 5.75 Å². The van der Waals surface area contributed by atoms with Crippen molar-refractivity contribution in [2.24, 2.45) is 16.5 Å². The smallest absolute Gasteiger partial charge is 0.282 e. The van der Waals surface area contributed by atoms with E-state index < -0.39 is 11.9 Å². The van der Waals surface area contributed by atoms with E-state index >= 15 is 0 Å². The first-order valence-corrected chi connectivity index (χ1v) is 3.89. The number of carbonyl (C=O) groups is 1. The lowest BCUT2D eigenvalue weighted by atomic mass is 10.1. The molecule has 15 heavy (non-hydrogen) atoms. The highest BCUT2D eigenvalue weighted by Crippen LogP contribution is 2.23. The molecule has 0 spiro atoms. The maximum atomic E-state index is 11.3. The van der Waals surface area contributed by atoms with Crippen molar-refractivity contribution in [2.45, 2.75) is 0 Å². The van der Waals surface area contributed by atoms with Crippen LogP contribution in [0.2, 0.25) is 0 Å². The highest BCUT2D eigenvalue weighted by Gasteiger charge is 2.10. The van der Waals surface area contributed by atoms with Crippen molar-refractivity contribution < 1.29 is 9.90 Å². The standard InChI is InChI=1S/C9H8N4O2/c1-12-5-2-3-7(14)6(4-5)8(15)13-9(10)11/h2-4,14H,(H4,10,11,13,15). The minimum Gasteiger partial charge on any atom is -0.507 e. The number of guanidine groups is 1. The number of nitrogens with two attached hydrogens (primary N) is 2. The van der Waals surface area contributed by atoms with Crippen LogP contribution >= 0.6 is 0 Å². The lowest BCUT2D eigenvalue weighted by Gasteiger charge is -2.00. The monoisotopic (exact) mass is 204 g/mol. The van der Waals surface area contributed by atoms with Crippen LogP contribution in [0.25, 0.3) is 4.85 Å². The van der Waals surface area contributed by atoms with Crippen LogP contribution in [0.5, 0.6) is 5.75 Å². The average Bonchev–Trinajstić information content (AvgIpc) is 2.17. The number of nitrogens with zero attached hydrogens (tertiary/aromatic N) is 2. The van der Waals surface area contributed by atoms with Gasteiger partial charge < -0.3 is 16.6 Å². The van der Waals surface area contributed by atoms with Gasteiger partial charge in [0, 0.05) is 0 Å². The van der Waals surface area contributed by atoms with Gasteiger partial charge in [-0.2, -0.15) is 4.99 Å². The van der Waals surface area contributed by atoms with Gasteiger partial charge in [-0.15, -0.1) is 0 Å². The minimum absolute atomic E-state index is 0.100. The van der Waals surface area contributed by atoms with Crippen molar-refractivity contribution in [3.05, 3.63) is 35.2 Å². The molecule has 0 aliphatic heterocycles. The molecule has 0 heterocycles. The van der Waals surface area contributed by atoms with Crippen molar-refractivity contribution in [2.75, 3.05) is 0 Å². The average molecular weight is 204 g/mol. The lowest BCUT2D eigenvalue weighted by molar-refractivity contribution is 0.1000. The number of hydrogen-bond donors (Lipinski definition) is 3. The van der Waals surface area contributed by atoms with Crippen LogP contribution in [0.1, 0.15) is 10.4 Å². The Hall–Kier alpha value is -2.55. The van der Waals surface area contributed by atoms with Gasteiger partial charge in [-0.05, 0) is 12.1 Å². The van der Waals surface area contributed by atoms with Gasteiger partial charge in [-0.25, -0.2) is 4.85 Å². The van der Waals surface area contributed by atoms with Crippen LogP contribution in [-0.2, 0) is 0 Å². The van der Waals surface area contributed by atoms with Gasteiger partial charge in [0.15, 0.2) is 11.6 Å². The van der Waals surface area contributed by atoms with Crippen LogP contribution in [0, 0.1) is 6.57 Å². The summed E-state index contributed by atoms with van der Waals surface area (Å²) in [6.07, 6.45) is 0. The highest BCUT2D eigenvalue weighted by molar-refractivity contribution is 6.04. The lowest BCUT2D eigenvalue weighted by Crippen LogP contribution is -2.24. The molecular formula is C9H8N4O2. The first-order chi connectivity index (χ1) is 7.04. The molecule has 0 atom stereocenters. The summed E-state index contributed by atoms with van der Waals surface area (Å²) in [6.45, 7) is 6.74. The van der Waals surface area contributed by atoms with E-state index in [0.29, 0.717) is 0 Å². The summed E-state index contributed by atoms with van der Waals surface area (Å²) in [7, 11) is 0. The number of benzene rings is 1. The van der Waals surface area contributed by atoms with Gasteiger partial charge in [-0.3, -0.25) is 4.79 Å². The molecule has 0 aliphatic carbocycles. The van der Waals surface area contributed by atoms with E-state index in [1.165, 1.54) is 18.2 Å². The normalized spacial score (nSPS) is 9.00. The zero-order chi connectivity index (χ0) is 11.4. The van der Waals surface area contributed by atoms with E-state index in [1.807, 2.05) is 0 Å². The predicted octanol–water partition coefficient (Wildman–Crippen LogP) is 0.357. The molecule has 0 saturated heterocycles. The maximum Gasteiger partial charge on any atom is 0.282 e. The molecule has 5 N–H and O–H groups in total. The van der Waals surface area contributed by atoms with Gasteiger partial charge in [0.1, 0.15) is 5.75 Å². The fourth-order valence-corrected chi connectivity index (χ4v) is 0.942. The molecule has 0 aliphatic rings. The molecule has 6 nitrogen and oxygen atoms in total. The Bertz CT molecular complexity index is 469. The second kappa shape index (κ2) is 4.11. The first-order valence-electron chi connectivity index (χ1n) is 3.89. The first kappa shape index (κ1) is 10.5. The fourth-order valence-electron chi connectivity index (χ4n) is 0.942. The SMILES string of the molecule is [C-]#[N+]c1ccc(O)c(C(=O)N=C(N)N)c1. The Kier molecular flexibility index (Phi) is 2.88. The number of phenolic OH excluding ortho intramolecular Hbond substituents is 1. The molecular weight excluding hydrogens is 196 g/mol. The van der Waals surface area contributed by atoms with Crippen LogP contribution in [0.4, 0.5) is 5.69 Å². The molecule has 0 aromatic heterocycles. The topological polar surface area (TPSA) is 106 Å². The molecule has 1 amide bonds. The van der Waals surface area contributed by atoms with Crippen LogP contribution in [0.15, 0.2) is 23.2 Å². The number of hydrogen-bond acceptors (Lipinski definition) is 2. The Morgan fingerprint density at radius 2 is 2.13 bits per heavy atom. The Morgan fingerprint density at radius 3 is 2.67 bits per heavy atom. The van der Waals surface area contributed by atoms with Crippen molar-refractivity contribution >= 4 is 17.6 Å². The Balaban J connectivity index is 3.20. The highest BCUT2D eigenvalue weighted by atomic mass is 16.3. The molecule has 6 heteroatoms. The second-order valence-corrected chi connectivity index (χ2v) is 2.66. The van der Waals surface area contributed by atoms with Crippen molar-refractivity contribution in [1.82, 2.24) is 0 Å². The predicted molar refractivity (Wildman–Crippen MR) is 54.5 cm³/mol. The molecule has 1 aromatic carbocycles. The molecule has 1 aromatic rings. The zero-order valence-corrected chi connectivity index (χ0v) is 7.64. The summed E-state index contributed by atoms with van der Waals surface area (Å²) in [4.78, 5) is 17.7. The van der Waals surface area contributed by atoms with Crippen LogP contribution in [-0.4, -0.2) is 17.0 Å². The third-order valence-electron chi connectivity index (χ3n) is 1.57. The number of phenols is 1. The fraction of sp³-hybridized carbons (Fsp3) is 0. The summed E-state index contributed by atoms with van der Waals surface area (Å²) in [6, 6.07) is 3.84. The summed E-state index contributed by atoms with van der Waals surface area (Å²) >= 11 is 0. The zero-order valence-electron chi connectivity index (χ0n) is 7.64. The third kappa shape index (κ3) is 2.45. The van der Waals surface area contributed by atoms with E-state index in [4.69, 9.17) is 18.0 Å². The van der Waals surface area contributed by atoms with E-state index in [0.717, 1.165) is 0 Å². The molecule has 0 fully saturated rings. The summed E-state index contributed by atoms with van der Waals surface area (Å²) in [5.74, 6) is -1.44. The van der Waals surface area contributed by atoms with E-state index in [1.54, 1.807) is 0 Å². The maximum absolute atomic E-state index is 11.3. The summed E-state index contributed by atoms with van der Waals surface area (Å²) < 4.78 is 0. The number of aliphatic imine (C=N–C) groups is 1. The quantitative estimate of drug-likeness (QED) is 0.348. The van der Waals surface area contributed by atoms with Gasteiger partial charge >= 0.3 is 0 Å². The number of carbonyl (C=O) groups excluding carboxylic acids is 1. The number of amides is 1. The molecule has 0 radical (unpaired) electrons. The van der Waals surface area contributed by atoms with Crippen molar-refractivity contribution in [3.63, 3.8) is 0 Å².